The SMILES string of the molecule is O=Cc1cc(C(=O)N[C@H]2CSc3ccccc3N(CCCC3CCCCC3)C2=O)ccc1O. The number of phenols is 1. The summed E-state index contributed by atoms with van der Waals surface area (Å²) in [7, 11) is 0. The number of thioether (sulfide) groups is 1. The fourth-order valence-corrected chi connectivity index (χ4v) is 5.81. The average Bonchev–Trinajstić information content (AvgIpc) is 2.97. The van der Waals surface area contributed by atoms with Crippen molar-refractivity contribution in [3.8, 4) is 5.75 Å². The molecular formula is C26H30N2O4S. The Morgan fingerprint density at radius 3 is 2.73 bits per heavy atom. The van der Waals surface area contributed by atoms with Gasteiger partial charge in [-0.3, -0.25) is 14.4 Å². The highest BCUT2D eigenvalue weighted by atomic mass is 32.2. The molecule has 0 unspecified atom stereocenters. The van der Waals surface area contributed by atoms with Crippen LogP contribution in [0, 0.1) is 5.92 Å². The number of hydrogen-bond donors (Lipinski definition) is 2. The van der Waals surface area contributed by atoms with Gasteiger partial charge in [0.15, 0.2) is 6.29 Å². The number of amides is 2. The Kier molecular flexibility index (Phi) is 7.70. The van der Waals surface area contributed by atoms with E-state index in [1.54, 1.807) is 11.8 Å². The highest BCUT2D eigenvalue weighted by molar-refractivity contribution is 7.99. The monoisotopic (exact) mass is 466 g/mol. The molecule has 0 radical (unpaired) electrons. The van der Waals surface area contributed by atoms with Crippen molar-refractivity contribution in [2.45, 2.75) is 55.9 Å². The summed E-state index contributed by atoms with van der Waals surface area (Å²) < 4.78 is 0. The van der Waals surface area contributed by atoms with E-state index in [1.165, 1.54) is 50.3 Å². The van der Waals surface area contributed by atoms with Gasteiger partial charge in [-0.15, -0.1) is 11.8 Å². The predicted octanol–water partition coefficient (Wildman–Crippen LogP) is 4.80. The Morgan fingerprint density at radius 2 is 1.94 bits per heavy atom. The molecule has 2 aliphatic rings. The topological polar surface area (TPSA) is 86.7 Å². The van der Waals surface area contributed by atoms with Gasteiger partial charge in [0.2, 0.25) is 5.91 Å². The number of rotatable bonds is 7. The number of para-hydroxylation sites is 1. The van der Waals surface area contributed by atoms with Crippen molar-refractivity contribution in [3.63, 3.8) is 0 Å². The number of aromatic hydroxyl groups is 1. The Labute approximate surface area is 198 Å². The zero-order valence-electron chi connectivity index (χ0n) is 18.7. The van der Waals surface area contributed by atoms with Crippen molar-refractivity contribution < 1.29 is 19.5 Å². The molecule has 2 N–H and O–H groups in total. The molecule has 33 heavy (non-hydrogen) atoms. The molecule has 0 bridgehead atoms. The first-order valence-corrected chi connectivity index (χ1v) is 12.7. The number of fused-ring (bicyclic) bond motifs is 1. The smallest absolute Gasteiger partial charge is 0.251 e. The lowest BCUT2D eigenvalue weighted by molar-refractivity contribution is -0.119. The number of benzene rings is 2. The summed E-state index contributed by atoms with van der Waals surface area (Å²) in [6.07, 6.45) is 9.09. The lowest BCUT2D eigenvalue weighted by atomic mass is 9.86. The quantitative estimate of drug-likeness (QED) is 0.572. The molecule has 1 aliphatic carbocycles. The molecule has 0 spiro atoms. The number of hydrogen-bond acceptors (Lipinski definition) is 5. The summed E-state index contributed by atoms with van der Waals surface area (Å²) in [4.78, 5) is 40.4. The molecule has 1 saturated carbocycles. The first-order valence-electron chi connectivity index (χ1n) is 11.7. The van der Waals surface area contributed by atoms with Crippen molar-refractivity contribution in [2.24, 2.45) is 5.92 Å². The molecule has 174 valence electrons. The van der Waals surface area contributed by atoms with Crippen LogP contribution in [0.1, 0.15) is 65.7 Å². The molecule has 4 rings (SSSR count). The van der Waals surface area contributed by atoms with Crippen LogP contribution < -0.4 is 10.2 Å². The number of carbonyl (C=O) groups is 3. The van der Waals surface area contributed by atoms with Crippen LogP contribution in [0.15, 0.2) is 47.4 Å². The molecule has 1 atom stereocenters. The van der Waals surface area contributed by atoms with Crippen LogP contribution in [0.2, 0.25) is 0 Å². The maximum Gasteiger partial charge on any atom is 0.251 e. The second-order valence-electron chi connectivity index (χ2n) is 8.83. The van der Waals surface area contributed by atoms with Crippen LogP contribution in [0.5, 0.6) is 5.75 Å². The summed E-state index contributed by atoms with van der Waals surface area (Å²) in [6, 6.07) is 11.3. The van der Waals surface area contributed by atoms with E-state index in [2.05, 4.69) is 5.32 Å². The summed E-state index contributed by atoms with van der Waals surface area (Å²) in [5.74, 6) is 0.452. The van der Waals surface area contributed by atoms with E-state index in [9.17, 15) is 19.5 Å². The molecule has 2 aromatic rings. The van der Waals surface area contributed by atoms with Crippen molar-refractivity contribution in [3.05, 3.63) is 53.6 Å². The number of nitrogens with one attached hydrogen (secondary N) is 1. The third kappa shape index (κ3) is 5.58. The van der Waals surface area contributed by atoms with E-state index in [4.69, 9.17) is 0 Å². The Balaban J connectivity index is 1.48. The molecule has 1 fully saturated rings. The summed E-state index contributed by atoms with van der Waals surface area (Å²) in [6.45, 7) is 0.633. The predicted molar refractivity (Wildman–Crippen MR) is 130 cm³/mol. The van der Waals surface area contributed by atoms with Gasteiger partial charge >= 0.3 is 0 Å². The lowest BCUT2D eigenvalue weighted by Gasteiger charge is -2.27. The van der Waals surface area contributed by atoms with E-state index in [1.807, 2.05) is 29.2 Å². The van der Waals surface area contributed by atoms with Crippen LogP contribution in [0.4, 0.5) is 5.69 Å². The van der Waals surface area contributed by atoms with E-state index >= 15 is 0 Å². The first-order chi connectivity index (χ1) is 16.1. The van der Waals surface area contributed by atoms with Crippen LogP contribution >= 0.6 is 11.8 Å². The van der Waals surface area contributed by atoms with E-state index in [0.29, 0.717) is 18.6 Å². The maximum atomic E-state index is 13.5. The third-order valence-corrected chi connectivity index (χ3v) is 7.72. The Bertz CT molecular complexity index is 1020. The van der Waals surface area contributed by atoms with Crippen LogP contribution in [0.3, 0.4) is 0 Å². The van der Waals surface area contributed by atoms with Gasteiger partial charge in [-0.05, 0) is 49.1 Å². The van der Waals surface area contributed by atoms with Gasteiger partial charge in [0.25, 0.3) is 5.91 Å². The number of nitrogens with zero attached hydrogens (tertiary/aromatic N) is 1. The summed E-state index contributed by atoms with van der Waals surface area (Å²) in [5.41, 5.74) is 1.18. The minimum atomic E-state index is -0.682. The summed E-state index contributed by atoms with van der Waals surface area (Å²) in [5, 5.41) is 12.6. The van der Waals surface area contributed by atoms with Gasteiger partial charge in [0.05, 0.1) is 11.3 Å². The fraction of sp³-hybridized carbons (Fsp3) is 0.423. The standard InChI is InChI=1S/C26H30N2O4S/c29-16-20-15-19(12-13-23(20)30)25(31)27-21-17-33-24-11-5-4-10-22(24)28(26(21)32)14-6-9-18-7-2-1-3-8-18/h4-5,10-13,15-16,18,21,30H,1-3,6-9,14,17H2,(H,27,31)/t21-/m0/s1. The van der Waals surface area contributed by atoms with Crippen LogP contribution in [-0.4, -0.2) is 41.5 Å². The molecule has 1 heterocycles. The fourth-order valence-electron chi connectivity index (χ4n) is 4.73. The minimum absolute atomic E-state index is 0.0426. The number of carbonyl (C=O) groups excluding carboxylic acids is 3. The van der Waals surface area contributed by atoms with Gasteiger partial charge in [-0.25, -0.2) is 0 Å². The molecule has 0 saturated heterocycles. The van der Waals surface area contributed by atoms with Gasteiger partial charge in [-0.2, -0.15) is 0 Å². The first kappa shape index (κ1) is 23.4. The Hall–Kier alpha value is -2.80. The second-order valence-corrected chi connectivity index (χ2v) is 9.89. The lowest BCUT2D eigenvalue weighted by Crippen LogP contribution is -2.49. The minimum Gasteiger partial charge on any atom is -0.507 e. The van der Waals surface area contributed by atoms with E-state index in [-0.39, 0.29) is 22.8 Å². The van der Waals surface area contributed by atoms with Gasteiger partial charge in [0.1, 0.15) is 11.8 Å². The van der Waals surface area contributed by atoms with Crippen molar-refractivity contribution in [1.29, 1.82) is 0 Å². The maximum absolute atomic E-state index is 13.5. The molecule has 0 aromatic heterocycles. The summed E-state index contributed by atoms with van der Waals surface area (Å²) >= 11 is 1.56. The second kappa shape index (κ2) is 10.9. The van der Waals surface area contributed by atoms with Crippen molar-refractivity contribution >= 4 is 35.5 Å². The number of phenolic OH excluding ortho intramolecular Hbond substituents is 1. The van der Waals surface area contributed by atoms with Crippen molar-refractivity contribution in [1.82, 2.24) is 5.32 Å². The number of aldehydes is 1. The molecule has 2 aromatic carbocycles. The van der Waals surface area contributed by atoms with Gasteiger partial charge < -0.3 is 15.3 Å². The molecule has 2 amide bonds. The van der Waals surface area contributed by atoms with Crippen molar-refractivity contribution in [2.75, 3.05) is 17.2 Å². The van der Waals surface area contributed by atoms with Crippen LogP contribution in [0.25, 0.3) is 0 Å². The molecule has 7 heteroatoms. The largest absolute Gasteiger partial charge is 0.507 e. The number of anilines is 1. The zero-order valence-corrected chi connectivity index (χ0v) is 19.5. The van der Waals surface area contributed by atoms with Crippen LogP contribution in [-0.2, 0) is 4.79 Å². The normalized spacial score (nSPS) is 19.0. The van der Waals surface area contributed by atoms with Gasteiger partial charge in [0, 0.05) is 22.8 Å². The average molecular weight is 467 g/mol. The Morgan fingerprint density at radius 1 is 1.15 bits per heavy atom. The molecular weight excluding hydrogens is 436 g/mol. The van der Waals surface area contributed by atoms with Gasteiger partial charge in [-0.1, -0.05) is 44.2 Å². The molecule has 6 nitrogen and oxygen atoms in total. The zero-order chi connectivity index (χ0) is 23.2. The van der Waals surface area contributed by atoms with E-state index < -0.39 is 11.9 Å². The highest BCUT2D eigenvalue weighted by Gasteiger charge is 2.32. The van der Waals surface area contributed by atoms with E-state index in [0.717, 1.165) is 29.3 Å². The highest BCUT2D eigenvalue weighted by Crippen LogP contribution is 2.35. The molecule has 1 aliphatic heterocycles. The third-order valence-electron chi connectivity index (χ3n) is 6.57.